The van der Waals surface area contributed by atoms with Crippen molar-refractivity contribution in [2.45, 2.75) is 95.3 Å². The number of halogens is 6. The molecule has 610 valence electrons. The van der Waals surface area contributed by atoms with Gasteiger partial charge in [0, 0.05) is 198 Å². The number of nitriles is 3. The molecule has 21 nitrogen and oxygen atoms in total. The van der Waals surface area contributed by atoms with Gasteiger partial charge in [-0.1, -0.05) is 25.1 Å². The lowest BCUT2D eigenvalue weighted by atomic mass is 9.88. The summed E-state index contributed by atoms with van der Waals surface area (Å²) in [5.41, 5.74) is 14.0. The van der Waals surface area contributed by atoms with Crippen LogP contribution in [0.2, 0.25) is 0 Å². The minimum Gasteiger partial charge on any atom is -0.354 e. The Labute approximate surface area is 688 Å². The zero-order valence-corrected chi connectivity index (χ0v) is 67.1. The number of benzene rings is 3. The van der Waals surface area contributed by atoms with Gasteiger partial charge in [-0.3, -0.25) is 14.7 Å². The smallest absolute Gasteiger partial charge is 0.130 e. The number of piperazine rings is 3. The van der Waals surface area contributed by atoms with Gasteiger partial charge in [0.2, 0.25) is 0 Å². The molecule has 1 unspecified atom stereocenters. The third-order valence-electron chi connectivity index (χ3n) is 25.3. The minimum absolute atomic E-state index is 0.124. The van der Waals surface area contributed by atoms with Gasteiger partial charge in [-0.25, -0.2) is 54.8 Å². The van der Waals surface area contributed by atoms with Crippen LogP contribution < -0.4 is 14.7 Å². The fraction of sp³-hybridized carbons (Fsp3) is 0.380. The van der Waals surface area contributed by atoms with E-state index in [9.17, 15) is 42.1 Å². The number of hydrogen-bond donors (Lipinski definition) is 0. The Hall–Kier alpha value is -11.6. The van der Waals surface area contributed by atoms with Crippen molar-refractivity contribution in [1.82, 2.24) is 73.2 Å². The van der Waals surface area contributed by atoms with Crippen molar-refractivity contribution >= 4 is 34.0 Å². The summed E-state index contributed by atoms with van der Waals surface area (Å²) in [5, 5.41) is 42.7. The van der Waals surface area contributed by atoms with E-state index in [2.05, 4.69) is 147 Å². The number of fused-ring (bicyclic) bond motifs is 3. The summed E-state index contributed by atoms with van der Waals surface area (Å²) in [6.45, 7) is 19.1. The molecule has 12 aromatic rings. The van der Waals surface area contributed by atoms with E-state index in [1.54, 1.807) is 18.6 Å². The Morgan fingerprint density at radius 2 is 0.681 bits per heavy atom. The second kappa shape index (κ2) is 35.5. The number of rotatable bonds is 17. The van der Waals surface area contributed by atoms with E-state index in [-0.39, 0.29) is 36.3 Å². The Morgan fingerprint density at radius 3 is 0.975 bits per heavy atom. The predicted octanol–water partition coefficient (Wildman–Crippen LogP) is 14.6. The fourth-order valence-corrected chi connectivity index (χ4v) is 18.1. The number of piperidine rings is 2. The molecule has 0 radical (unpaired) electrons. The molecule has 6 saturated heterocycles. The van der Waals surface area contributed by atoms with E-state index < -0.39 is 34.9 Å². The van der Waals surface area contributed by atoms with Crippen molar-refractivity contribution in [3.05, 3.63) is 250 Å². The van der Waals surface area contributed by atoms with E-state index in [0.29, 0.717) is 73.7 Å². The summed E-state index contributed by atoms with van der Waals surface area (Å²) in [6, 6.07) is 38.6. The number of anilines is 3. The lowest BCUT2D eigenvalue weighted by Crippen LogP contribution is -2.46. The monoisotopic (exact) mass is 1610 g/mol. The van der Waals surface area contributed by atoms with Crippen LogP contribution in [-0.2, 0) is 19.6 Å². The first kappa shape index (κ1) is 79.8. The lowest BCUT2D eigenvalue weighted by Gasteiger charge is -2.35. The van der Waals surface area contributed by atoms with Crippen molar-refractivity contribution in [3.63, 3.8) is 0 Å². The third kappa shape index (κ3) is 17.5. The van der Waals surface area contributed by atoms with Crippen LogP contribution in [0.5, 0.6) is 0 Å². The molecule has 7 aliphatic rings. The van der Waals surface area contributed by atoms with Gasteiger partial charge < -0.3 is 29.4 Å². The molecular formula is C92H95F6N21. The summed E-state index contributed by atoms with van der Waals surface area (Å²) < 4.78 is 90.1. The van der Waals surface area contributed by atoms with E-state index in [1.165, 1.54) is 84.1 Å². The van der Waals surface area contributed by atoms with E-state index in [1.807, 2.05) is 50.3 Å². The van der Waals surface area contributed by atoms with Crippen molar-refractivity contribution in [2.75, 3.05) is 146 Å². The molecule has 0 bridgehead atoms. The summed E-state index contributed by atoms with van der Waals surface area (Å²) in [5.74, 6) is 0.991. The molecule has 0 N–H and O–H groups in total. The van der Waals surface area contributed by atoms with E-state index in [0.717, 1.165) is 191 Å². The number of likely N-dealkylation sites (N-methyl/N-ethyl adjacent to an activating group) is 1. The van der Waals surface area contributed by atoms with Crippen LogP contribution in [0, 0.1) is 68.9 Å². The molecule has 1 atom stereocenters. The average molecular weight is 1610 g/mol. The molecule has 15 heterocycles. The Balaban J connectivity index is 0.000000128. The normalized spacial score (nSPS) is 18.4. The third-order valence-corrected chi connectivity index (χ3v) is 25.3. The average Bonchev–Trinajstić information content (AvgIpc) is 1.63. The quantitative estimate of drug-likeness (QED) is 0.0781. The highest BCUT2D eigenvalue weighted by molar-refractivity contribution is 5.87. The number of aromatic nitrogens is 9. The first-order chi connectivity index (χ1) is 58.1. The first-order valence-corrected chi connectivity index (χ1v) is 41.6. The number of pyridine rings is 6. The highest BCUT2D eigenvalue weighted by atomic mass is 19.2. The van der Waals surface area contributed by atoms with Crippen LogP contribution in [0.1, 0.15) is 120 Å². The minimum atomic E-state index is -0.499. The summed E-state index contributed by atoms with van der Waals surface area (Å²) in [6.07, 6.45) is 25.1. The van der Waals surface area contributed by atoms with Gasteiger partial charge in [0.25, 0.3) is 0 Å². The summed E-state index contributed by atoms with van der Waals surface area (Å²) in [4.78, 5) is 34.6. The second-order valence-corrected chi connectivity index (χ2v) is 32.6. The zero-order chi connectivity index (χ0) is 81.8. The van der Waals surface area contributed by atoms with Crippen LogP contribution in [-0.4, -0.2) is 211 Å². The number of likely N-dealkylation sites (tertiary alicyclic amines) is 3. The molecule has 9 aromatic heterocycles. The topological polar surface area (TPSA) is 191 Å². The molecule has 7 fully saturated rings. The zero-order valence-electron chi connectivity index (χ0n) is 67.1. The molecule has 0 amide bonds. The number of nitrogens with zero attached hydrogens (tertiary/aromatic N) is 21. The summed E-state index contributed by atoms with van der Waals surface area (Å²) >= 11 is 0. The van der Waals surface area contributed by atoms with E-state index >= 15 is 0 Å². The molecule has 1 saturated carbocycles. The molecule has 19 rings (SSSR count). The Bertz CT molecular complexity index is 5460. The highest BCUT2D eigenvalue weighted by Crippen LogP contribution is 2.41. The van der Waals surface area contributed by atoms with Crippen molar-refractivity contribution in [2.24, 2.45) is 0 Å². The largest absolute Gasteiger partial charge is 0.354 e. The van der Waals surface area contributed by atoms with E-state index in [4.69, 9.17) is 15.0 Å². The van der Waals surface area contributed by atoms with Crippen molar-refractivity contribution < 1.29 is 26.3 Å². The Kier molecular flexibility index (Phi) is 23.8. The molecule has 119 heavy (non-hydrogen) atoms. The molecule has 3 aromatic carbocycles. The van der Waals surface area contributed by atoms with Gasteiger partial charge in [-0.05, 0) is 217 Å². The maximum Gasteiger partial charge on any atom is 0.130 e. The van der Waals surface area contributed by atoms with Gasteiger partial charge in [0.15, 0.2) is 0 Å². The Morgan fingerprint density at radius 1 is 0.361 bits per heavy atom. The molecule has 0 spiro atoms. The van der Waals surface area contributed by atoms with Gasteiger partial charge in [-0.2, -0.15) is 31.1 Å². The van der Waals surface area contributed by atoms with Crippen LogP contribution >= 0.6 is 0 Å². The van der Waals surface area contributed by atoms with Gasteiger partial charge in [0.05, 0.1) is 51.8 Å². The predicted molar refractivity (Wildman–Crippen MR) is 446 cm³/mol. The van der Waals surface area contributed by atoms with Crippen LogP contribution in [0.15, 0.2) is 165 Å². The van der Waals surface area contributed by atoms with Gasteiger partial charge in [0.1, 0.15) is 70.6 Å². The maximum absolute atomic E-state index is 14.1. The molecule has 6 aliphatic heterocycles. The van der Waals surface area contributed by atoms with Crippen molar-refractivity contribution in [1.29, 1.82) is 15.8 Å². The first-order valence-electron chi connectivity index (χ1n) is 41.6. The second-order valence-electron chi connectivity index (χ2n) is 32.6. The standard InChI is InChI=1S/C32H33F2N7.2C30H31F2N7/c33-29-2-1-3-30(34)28(29)21-38-12-14-40(15-13-38)31-7-4-23(18-36-31)27-16-24(20-41-32(27)25(17-35)19-37-41)22-8-10-39(11-9-22)26-5-6-26;1-36-9-7-21(8-10-36)23-15-25(30-24(16-33)18-35-39(30)19-23)22-5-6-29(34-17-22)38-13-11-37(12-14-38)20-26-27(31)3-2-4-28(26)32;1-2-36-9-8-22(18-36)23-14-25(30-24(15-33)17-35-39(30)19-23)21-6-7-29(34-16-21)38-12-10-37(11-13-38)20-26-27(31)4-3-5-28(26)32/h1-4,7,16,18-20,22,26H,5-6,8-15,21H2;2-6,15,17-19,21H,7-14,20H2,1H3;3-7,14,16-17,19,22H,2,8-13,18,20H2,1H3. The van der Waals surface area contributed by atoms with Crippen LogP contribution in [0.25, 0.3) is 49.9 Å². The molecule has 27 heteroatoms. The number of hydrogen-bond acceptors (Lipinski definition) is 18. The SMILES string of the molecule is CCN1CCC(c2cc(-c3ccc(N4CCN(Cc5c(F)cccc5F)CC4)nc3)c3c(C#N)cnn3c2)C1.CN1CCC(c2cc(-c3ccc(N4CCN(Cc5c(F)cccc5F)CC4)nc3)c3c(C#N)cnn3c2)CC1.N#Cc1cnn2cc(C3CCN(C4CC4)CC3)cc(-c3ccc(N4CCN(Cc5c(F)cccc5F)CC4)nc3)c12. The van der Waals surface area contributed by atoms with Crippen LogP contribution in [0.4, 0.5) is 43.8 Å². The van der Waals surface area contributed by atoms with Gasteiger partial charge >= 0.3 is 0 Å². The van der Waals surface area contributed by atoms with Crippen molar-refractivity contribution in [3.8, 4) is 51.6 Å². The highest BCUT2D eigenvalue weighted by Gasteiger charge is 2.34. The molecular weight excluding hydrogens is 1510 g/mol. The van der Waals surface area contributed by atoms with Gasteiger partial charge in [-0.15, -0.1) is 0 Å². The lowest BCUT2D eigenvalue weighted by molar-refractivity contribution is 0.203. The van der Waals surface area contributed by atoms with Crippen LogP contribution in [0.3, 0.4) is 0 Å². The maximum atomic E-state index is 14.1. The fourth-order valence-electron chi connectivity index (χ4n) is 18.1. The summed E-state index contributed by atoms with van der Waals surface area (Å²) in [7, 11) is 2.16. The molecule has 1 aliphatic carbocycles.